The minimum Gasteiger partial charge on any atom is -0.303 e. The molecule has 0 aromatic rings. The summed E-state index contributed by atoms with van der Waals surface area (Å²) in [6.07, 6.45) is 2.35. The molecule has 98 valence electrons. The molecule has 0 spiro atoms. The Kier molecular flexibility index (Phi) is 5.71. The minimum atomic E-state index is -2.98. The third-order valence-corrected chi connectivity index (χ3v) is 4.13. The fourth-order valence-electron chi connectivity index (χ4n) is 1.30. The minimum absolute atomic E-state index is 0.436. The van der Waals surface area contributed by atoms with E-state index in [9.17, 15) is 4.57 Å². The van der Waals surface area contributed by atoms with Crippen LogP contribution < -0.4 is 0 Å². The summed E-state index contributed by atoms with van der Waals surface area (Å²) in [7, 11) is -2.98. The van der Waals surface area contributed by atoms with Crippen LogP contribution in [0, 0.1) is 0 Å². The van der Waals surface area contributed by atoms with E-state index in [4.69, 9.17) is 9.05 Å². The zero-order valence-corrected chi connectivity index (χ0v) is 12.7. The van der Waals surface area contributed by atoms with Crippen molar-refractivity contribution in [2.45, 2.75) is 72.5 Å². The predicted octanol–water partition coefficient (Wildman–Crippen LogP) is 4.61. The second-order valence-corrected chi connectivity index (χ2v) is 8.13. The summed E-state index contributed by atoms with van der Waals surface area (Å²) in [6, 6.07) is 0. The summed E-state index contributed by atoms with van der Waals surface area (Å²) in [5.41, 5.74) is -0.872. The van der Waals surface area contributed by atoms with Crippen LogP contribution in [-0.4, -0.2) is 17.4 Å². The molecular weight excluding hydrogens is 223 g/mol. The average molecular weight is 250 g/mol. The Morgan fingerprint density at radius 2 is 1.31 bits per heavy atom. The summed E-state index contributed by atoms with van der Waals surface area (Å²) in [4.78, 5) is 0. The average Bonchev–Trinajstić information content (AvgIpc) is 1.93. The Hall–Kier alpha value is 0.150. The molecule has 0 amide bonds. The lowest BCUT2D eigenvalue weighted by atomic mass is 10.2. The molecule has 0 aliphatic carbocycles. The van der Waals surface area contributed by atoms with Gasteiger partial charge < -0.3 is 9.05 Å². The van der Waals surface area contributed by atoms with E-state index in [0.717, 1.165) is 12.8 Å². The van der Waals surface area contributed by atoms with E-state index in [1.807, 2.05) is 41.5 Å². The van der Waals surface area contributed by atoms with Crippen LogP contribution in [0.3, 0.4) is 0 Å². The summed E-state index contributed by atoms with van der Waals surface area (Å²) < 4.78 is 23.8. The Labute approximate surface area is 100 Å². The van der Waals surface area contributed by atoms with Crippen molar-refractivity contribution in [1.82, 2.24) is 0 Å². The molecule has 4 heteroatoms. The van der Waals surface area contributed by atoms with Crippen molar-refractivity contribution < 1.29 is 13.6 Å². The lowest BCUT2D eigenvalue weighted by Crippen LogP contribution is -2.24. The largest absolute Gasteiger partial charge is 0.331 e. The summed E-state index contributed by atoms with van der Waals surface area (Å²) >= 11 is 0. The third kappa shape index (κ3) is 8.32. The molecule has 0 N–H and O–H groups in total. The highest BCUT2D eigenvalue weighted by Crippen LogP contribution is 2.54. The molecule has 0 saturated heterocycles. The monoisotopic (exact) mass is 250 g/mol. The number of unbranched alkanes of at least 4 members (excludes halogenated alkanes) is 1. The van der Waals surface area contributed by atoms with Gasteiger partial charge in [-0.1, -0.05) is 13.3 Å². The molecule has 0 saturated carbocycles. The summed E-state index contributed by atoms with van der Waals surface area (Å²) in [5.74, 6) is 0. The van der Waals surface area contributed by atoms with Crippen molar-refractivity contribution in [1.29, 1.82) is 0 Å². The van der Waals surface area contributed by atoms with Crippen LogP contribution in [0.4, 0.5) is 0 Å². The highest BCUT2D eigenvalue weighted by molar-refractivity contribution is 7.53. The van der Waals surface area contributed by atoms with Gasteiger partial charge in [-0.25, -0.2) is 0 Å². The quantitative estimate of drug-likeness (QED) is 0.668. The van der Waals surface area contributed by atoms with E-state index in [1.54, 1.807) is 0 Å². The van der Waals surface area contributed by atoms with Crippen LogP contribution in [0.5, 0.6) is 0 Å². The molecule has 16 heavy (non-hydrogen) atoms. The first-order chi connectivity index (χ1) is 6.97. The molecule has 0 aliphatic rings. The van der Waals surface area contributed by atoms with Crippen molar-refractivity contribution >= 4 is 7.60 Å². The molecule has 3 nitrogen and oxygen atoms in total. The molecule has 0 rings (SSSR count). The van der Waals surface area contributed by atoms with Crippen molar-refractivity contribution in [2.75, 3.05) is 6.16 Å². The van der Waals surface area contributed by atoms with Gasteiger partial charge in [-0.2, -0.15) is 0 Å². The standard InChI is InChI=1S/C12H27O3P/c1-8-9-10-16(13,14-11(2,3)4)15-12(5,6)7/h8-10H2,1-7H3. The third-order valence-electron chi connectivity index (χ3n) is 1.61. The lowest BCUT2D eigenvalue weighted by molar-refractivity contribution is 0.0491. The van der Waals surface area contributed by atoms with Crippen LogP contribution in [-0.2, 0) is 13.6 Å². The van der Waals surface area contributed by atoms with Crippen LogP contribution in [0.2, 0.25) is 0 Å². The molecule has 0 fully saturated rings. The smallest absolute Gasteiger partial charge is 0.303 e. The summed E-state index contributed by atoms with van der Waals surface area (Å²) in [5, 5.41) is 0. The molecule has 0 atom stereocenters. The maximum atomic E-state index is 12.6. The molecule has 0 heterocycles. The van der Waals surface area contributed by atoms with E-state index in [1.165, 1.54) is 0 Å². The van der Waals surface area contributed by atoms with Crippen LogP contribution in [0.1, 0.15) is 61.3 Å². The highest BCUT2D eigenvalue weighted by Gasteiger charge is 2.34. The van der Waals surface area contributed by atoms with Gasteiger partial charge in [0.15, 0.2) is 0 Å². The SMILES string of the molecule is CCCCP(=O)(OC(C)(C)C)OC(C)(C)C. The molecular formula is C12H27O3P. The number of hydrogen-bond acceptors (Lipinski definition) is 3. The van der Waals surface area contributed by atoms with Crippen molar-refractivity contribution in [3.63, 3.8) is 0 Å². The van der Waals surface area contributed by atoms with Gasteiger partial charge in [-0.3, -0.25) is 4.57 Å². The Morgan fingerprint density at radius 1 is 0.938 bits per heavy atom. The van der Waals surface area contributed by atoms with Gasteiger partial charge in [0.2, 0.25) is 0 Å². The fourth-order valence-corrected chi connectivity index (χ4v) is 3.89. The Bertz CT molecular complexity index is 228. The van der Waals surface area contributed by atoms with Crippen LogP contribution in [0.25, 0.3) is 0 Å². The van der Waals surface area contributed by atoms with Gasteiger partial charge in [-0.15, -0.1) is 0 Å². The summed E-state index contributed by atoms with van der Waals surface area (Å²) in [6.45, 7) is 13.5. The van der Waals surface area contributed by atoms with Crippen molar-refractivity contribution in [3.05, 3.63) is 0 Å². The van der Waals surface area contributed by atoms with Gasteiger partial charge in [0.1, 0.15) is 0 Å². The number of hydrogen-bond donors (Lipinski definition) is 0. The van der Waals surface area contributed by atoms with Crippen LogP contribution in [0.15, 0.2) is 0 Å². The van der Waals surface area contributed by atoms with E-state index >= 15 is 0 Å². The number of rotatable bonds is 5. The zero-order chi connectivity index (χ0) is 13.0. The van der Waals surface area contributed by atoms with E-state index in [-0.39, 0.29) is 0 Å². The second kappa shape index (κ2) is 5.66. The fraction of sp³-hybridized carbons (Fsp3) is 1.00. The van der Waals surface area contributed by atoms with Crippen molar-refractivity contribution in [2.24, 2.45) is 0 Å². The molecule has 0 aromatic heterocycles. The van der Waals surface area contributed by atoms with Gasteiger partial charge in [-0.05, 0) is 48.0 Å². The molecule has 0 bridgehead atoms. The van der Waals surface area contributed by atoms with Gasteiger partial charge in [0.05, 0.1) is 17.4 Å². The first kappa shape index (κ1) is 16.1. The molecule has 0 aromatic carbocycles. The van der Waals surface area contributed by atoms with Crippen LogP contribution >= 0.6 is 7.60 Å². The molecule has 0 radical (unpaired) electrons. The first-order valence-electron chi connectivity index (χ1n) is 5.98. The topological polar surface area (TPSA) is 35.5 Å². The Balaban J connectivity index is 4.69. The van der Waals surface area contributed by atoms with E-state index in [2.05, 4.69) is 6.92 Å². The lowest BCUT2D eigenvalue weighted by Gasteiger charge is -2.32. The van der Waals surface area contributed by atoms with Gasteiger partial charge in [0.25, 0.3) is 0 Å². The van der Waals surface area contributed by atoms with Gasteiger partial charge >= 0.3 is 7.60 Å². The Morgan fingerprint density at radius 3 is 1.56 bits per heavy atom. The maximum Gasteiger partial charge on any atom is 0.331 e. The van der Waals surface area contributed by atoms with Crippen molar-refractivity contribution in [3.8, 4) is 0 Å². The highest BCUT2D eigenvalue weighted by atomic mass is 31.2. The normalized spacial score (nSPS) is 14.2. The maximum absolute atomic E-state index is 12.6. The van der Waals surface area contributed by atoms with E-state index in [0.29, 0.717) is 6.16 Å². The van der Waals surface area contributed by atoms with E-state index < -0.39 is 18.8 Å². The first-order valence-corrected chi connectivity index (χ1v) is 7.71. The zero-order valence-electron chi connectivity index (χ0n) is 11.8. The predicted molar refractivity (Wildman–Crippen MR) is 69.1 cm³/mol. The molecule has 0 aliphatic heterocycles. The van der Waals surface area contributed by atoms with Gasteiger partial charge in [0, 0.05) is 0 Å². The second-order valence-electron chi connectivity index (χ2n) is 6.10. The molecule has 0 unspecified atom stereocenters.